The second-order valence-corrected chi connectivity index (χ2v) is 6.91. The number of ether oxygens (including phenoxy) is 1. The zero-order chi connectivity index (χ0) is 21.1. The molecular formula is C20H20F3N3O3. The Kier molecular flexibility index (Phi) is 5.76. The summed E-state index contributed by atoms with van der Waals surface area (Å²) in [5, 5.41) is 2.61. The number of halogens is 3. The highest BCUT2D eigenvalue weighted by atomic mass is 19.4. The molecular weight excluding hydrogens is 387 g/mol. The molecule has 2 aromatic rings. The van der Waals surface area contributed by atoms with E-state index in [1.165, 1.54) is 12.1 Å². The summed E-state index contributed by atoms with van der Waals surface area (Å²) < 4.78 is 43.9. The molecule has 1 aliphatic rings. The van der Waals surface area contributed by atoms with Crippen LogP contribution in [0.25, 0.3) is 0 Å². The Morgan fingerprint density at radius 1 is 1.24 bits per heavy atom. The highest BCUT2D eigenvalue weighted by molar-refractivity contribution is 5.94. The number of carbonyl (C=O) groups is 2. The lowest BCUT2D eigenvalue weighted by Crippen LogP contribution is -2.40. The summed E-state index contributed by atoms with van der Waals surface area (Å²) in [6.07, 6.45) is 0.282. The molecule has 0 unspecified atom stereocenters. The van der Waals surface area contributed by atoms with E-state index in [0.29, 0.717) is 24.2 Å². The van der Waals surface area contributed by atoms with Crippen molar-refractivity contribution in [3.8, 4) is 0 Å². The minimum absolute atomic E-state index is 0.0277. The standard InChI is InChI=1S/C20H20F3N3O3/c1-13(11-17(27)26-12-16-24-9-10-25-16)18(28)29-19(7-2-8-19)14-3-5-15(6-4-14)20(21,22)23/h3-6,9-10H,1-2,7-8,11-12H2,(H,24,25)(H,26,27). The normalized spacial score (nSPS) is 15.3. The first-order valence-corrected chi connectivity index (χ1v) is 9.03. The van der Waals surface area contributed by atoms with Crippen LogP contribution in [-0.2, 0) is 32.6 Å². The number of amides is 1. The van der Waals surface area contributed by atoms with Gasteiger partial charge in [0.25, 0.3) is 0 Å². The van der Waals surface area contributed by atoms with Gasteiger partial charge in [-0.3, -0.25) is 4.79 Å². The van der Waals surface area contributed by atoms with Crippen molar-refractivity contribution in [2.75, 3.05) is 0 Å². The van der Waals surface area contributed by atoms with E-state index in [9.17, 15) is 22.8 Å². The van der Waals surface area contributed by atoms with Crippen LogP contribution in [0.15, 0.2) is 48.8 Å². The van der Waals surface area contributed by atoms with E-state index < -0.39 is 29.2 Å². The van der Waals surface area contributed by atoms with Gasteiger partial charge in [0.05, 0.1) is 18.5 Å². The first-order valence-electron chi connectivity index (χ1n) is 9.03. The fourth-order valence-corrected chi connectivity index (χ4v) is 3.07. The Hall–Kier alpha value is -3.10. The first-order chi connectivity index (χ1) is 13.7. The quantitative estimate of drug-likeness (QED) is 0.543. The van der Waals surface area contributed by atoms with Crippen molar-refractivity contribution in [2.24, 2.45) is 0 Å². The van der Waals surface area contributed by atoms with Crippen LogP contribution in [0.3, 0.4) is 0 Å². The van der Waals surface area contributed by atoms with E-state index >= 15 is 0 Å². The molecule has 1 heterocycles. The number of carbonyl (C=O) groups excluding carboxylic acids is 2. The molecule has 0 bridgehead atoms. The fourth-order valence-electron chi connectivity index (χ4n) is 3.07. The van der Waals surface area contributed by atoms with Crippen LogP contribution >= 0.6 is 0 Å². The van der Waals surface area contributed by atoms with Gasteiger partial charge in [0.1, 0.15) is 11.4 Å². The van der Waals surface area contributed by atoms with Crippen LogP contribution in [0.1, 0.15) is 42.6 Å². The number of nitrogens with zero attached hydrogens (tertiary/aromatic N) is 1. The Labute approximate surface area is 165 Å². The Morgan fingerprint density at radius 3 is 2.45 bits per heavy atom. The van der Waals surface area contributed by atoms with Gasteiger partial charge in [-0.2, -0.15) is 13.2 Å². The minimum atomic E-state index is -4.43. The van der Waals surface area contributed by atoms with Gasteiger partial charge in [-0.15, -0.1) is 0 Å². The van der Waals surface area contributed by atoms with Gasteiger partial charge in [0.2, 0.25) is 5.91 Å². The molecule has 0 radical (unpaired) electrons. The Morgan fingerprint density at radius 2 is 1.93 bits per heavy atom. The molecule has 29 heavy (non-hydrogen) atoms. The van der Waals surface area contributed by atoms with Crippen molar-refractivity contribution in [2.45, 2.75) is 44.0 Å². The van der Waals surface area contributed by atoms with Crippen molar-refractivity contribution in [1.82, 2.24) is 15.3 Å². The van der Waals surface area contributed by atoms with E-state index in [1.54, 1.807) is 12.4 Å². The van der Waals surface area contributed by atoms with Gasteiger partial charge in [-0.05, 0) is 37.0 Å². The number of nitrogens with one attached hydrogen (secondary N) is 2. The molecule has 0 aliphatic heterocycles. The predicted octanol–water partition coefficient (Wildman–Crippen LogP) is 3.61. The third kappa shape index (κ3) is 4.85. The molecule has 1 aliphatic carbocycles. The van der Waals surface area contributed by atoms with Crippen LogP contribution in [-0.4, -0.2) is 21.8 Å². The number of hydrogen-bond donors (Lipinski definition) is 2. The van der Waals surface area contributed by atoms with Crippen LogP contribution in [0, 0.1) is 0 Å². The number of benzene rings is 1. The minimum Gasteiger partial charge on any atom is -0.451 e. The van der Waals surface area contributed by atoms with Crippen LogP contribution in [0.2, 0.25) is 0 Å². The number of esters is 1. The maximum absolute atomic E-state index is 12.8. The smallest absolute Gasteiger partial charge is 0.416 e. The molecule has 9 heteroatoms. The van der Waals surface area contributed by atoms with E-state index in [2.05, 4.69) is 21.9 Å². The SMILES string of the molecule is C=C(CC(=O)NCc1ncc[nH]1)C(=O)OC1(c2ccc(C(F)(F)F)cc2)CCC1. The molecule has 1 fully saturated rings. The maximum atomic E-state index is 12.8. The number of imidazole rings is 1. The van der Waals surface area contributed by atoms with Gasteiger partial charge in [-0.25, -0.2) is 9.78 Å². The van der Waals surface area contributed by atoms with Gasteiger partial charge in [-0.1, -0.05) is 18.7 Å². The molecule has 1 aromatic heterocycles. The van der Waals surface area contributed by atoms with Gasteiger partial charge in [0.15, 0.2) is 0 Å². The lowest BCUT2D eigenvalue weighted by molar-refractivity contribution is -0.167. The Bertz CT molecular complexity index is 886. The predicted molar refractivity (Wildman–Crippen MR) is 97.3 cm³/mol. The lowest BCUT2D eigenvalue weighted by Gasteiger charge is -2.41. The number of H-pyrrole nitrogens is 1. The highest BCUT2D eigenvalue weighted by Crippen LogP contribution is 2.45. The zero-order valence-electron chi connectivity index (χ0n) is 15.5. The summed E-state index contributed by atoms with van der Waals surface area (Å²) in [6.45, 7) is 3.80. The van der Waals surface area contributed by atoms with Crippen LogP contribution in [0.4, 0.5) is 13.2 Å². The average molecular weight is 407 g/mol. The summed E-state index contributed by atoms with van der Waals surface area (Å²) in [5.41, 5.74) is -1.27. The second-order valence-electron chi connectivity index (χ2n) is 6.91. The van der Waals surface area contributed by atoms with Gasteiger partial charge < -0.3 is 15.0 Å². The monoisotopic (exact) mass is 407 g/mol. The number of rotatable bonds is 7. The molecule has 0 spiro atoms. The highest BCUT2D eigenvalue weighted by Gasteiger charge is 2.43. The molecule has 6 nitrogen and oxygen atoms in total. The third-order valence-electron chi connectivity index (χ3n) is 4.86. The zero-order valence-corrected chi connectivity index (χ0v) is 15.5. The van der Waals surface area contributed by atoms with E-state index in [-0.39, 0.29) is 18.5 Å². The van der Waals surface area contributed by atoms with E-state index in [4.69, 9.17) is 4.74 Å². The summed E-state index contributed by atoms with van der Waals surface area (Å²) >= 11 is 0. The first kappa shape index (κ1) is 20.6. The molecule has 1 saturated carbocycles. The van der Waals surface area contributed by atoms with Gasteiger partial charge in [0, 0.05) is 18.0 Å². The summed E-state index contributed by atoms with van der Waals surface area (Å²) in [5.74, 6) is -0.583. The van der Waals surface area contributed by atoms with Crippen molar-refractivity contribution in [3.63, 3.8) is 0 Å². The topological polar surface area (TPSA) is 84.1 Å². The van der Waals surface area contributed by atoms with Crippen LogP contribution < -0.4 is 5.32 Å². The lowest BCUT2D eigenvalue weighted by atomic mass is 9.74. The molecule has 154 valence electrons. The van der Waals surface area contributed by atoms with Crippen LogP contribution in [0.5, 0.6) is 0 Å². The van der Waals surface area contributed by atoms with E-state index in [1.807, 2.05) is 0 Å². The molecule has 0 atom stereocenters. The summed E-state index contributed by atoms with van der Waals surface area (Å²) in [7, 11) is 0. The van der Waals surface area contributed by atoms with Crippen molar-refractivity contribution in [3.05, 3.63) is 65.8 Å². The largest absolute Gasteiger partial charge is 0.451 e. The van der Waals surface area contributed by atoms with Crippen molar-refractivity contribution < 1.29 is 27.5 Å². The third-order valence-corrected chi connectivity index (χ3v) is 4.86. The molecule has 2 N–H and O–H groups in total. The molecule has 1 amide bonds. The second kappa shape index (κ2) is 8.10. The van der Waals surface area contributed by atoms with E-state index in [0.717, 1.165) is 18.6 Å². The van der Waals surface area contributed by atoms with Gasteiger partial charge >= 0.3 is 12.1 Å². The number of aromatic amines is 1. The Balaban J connectivity index is 1.58. The molecule has 0 saturated heterocycles. The van der Waals surface area contributed by atoms with Crippen molar-refractivity contribution in [1.29, 1.82) is 0 Å². The molecule has 1 aromatic carbocycles. The number of aromatic nitrogens is 2. The average Bonchev–Trinajstić information content (AvgIpc) is 3.16. The number of alkyl halides is 3. The molecule has 3 rings (SSSR count). The summed E-state index contributed by atoms with van der Waals surface area (Å²) in [4.78, 5) is 31.2. The van der Waals surface area contributed by atoms with Crippen molar-refractivity contribution >= 4 is 11.9 Å². The number of hydrogen-bond acceptors (Lipinski definition) is 4. The summed E-state index contributed by atoms with van der Waals surface area (Å²) in [6, 6.07) is 4.60. The maximum Gasteiger partial charge on any atom is 0.416 e. The fraction of sp³-hybridized carbons (Fsp3) is 0.350.